The Morgan fingerprint density at radius 2 is 1.83 bits per heavy atom. The zero-order valence-electron chi connectivity index (χ0n) is 10.5. The summed E-state index contributed by atoms with van der Waals surface area (Å²) in [6.45, 7) is 0. The minimum atomic E-state index is -0.506. The number of anilines is 1. The smallest absolute Gasteiger partial charge is 0.149 e. The molecule has 1 aromatic carbocycles. The summed E-state index contributed by atoms with van der Waals surface area (Å²) in [6, 6.07) is 5.22. The van der Waals surface area contributed by atoms with E-state index in [4.69, 9.17) is 0 Å². The predicted octanol–water partition coefficient (Wildman–Crippen LogP) is 2.68. The van der Waals surface area contributed by atoms with Gasteiger partial charge in [0.25, 0.3) is 0 Å². The summed E-state index contributed by atoms with van der Waals surface area (Å²) in [5.74, 6) is -0.941. The maximum atomic E-state index is 13.9. The summed E-state index contributed by atoms with van der Waals surface area (Å²) in [5.41, 5.74) is 0.568. The van der Waals surface area contributed by atoms with E-state index in [-0.39, 0.29) is 0 Å². The molecule has 2 fully saturated rings. The summed E-state index contributed by atoms with van der Waals surface area (Å²) in [6.07, 6.45) is 4.31. The van der Waals surface area contributed by atoms with Gasteiger partial charge in [-0.3, -0.25) is 0 Å². The van der Waals surface area contributed by atoms with Crippen molar-refractivity contribution in [1.29, 1.82) is 0 Å². The first-order valence-corrected chi connectivity index (χ1v) is 6.59. The Hall–Kier alpha value is -1.16. The number of rotatable bonds is 2. The molecule has 18 heavy (non-hydrogen) atoms. The first-order valence-electron chi connectivity index (χ1n) is 6.59. The Kier molecular flexibility index (Phi) is 2.98. The van der Waals surface area contributed by atoms with E-state index in [1.807, 2.05) is 7.05 Å². The maximum absolute atomic E-state index is 13.9. The molecule has 3 rings (SSSR count). The fraction of sp³-hybridized carbons (Fsp3) is 0.571. The molecule has 2 aliphatic rings. The molecule has 98 valence electrons. The summed E-state index contributed by atoms with van der Waals surface area (Å²) in [7, 11) is 1.98. The van der Waals surface area contributed by atoms with Crippen molar-refractivity contribution < 1.29 is 8.78 Å². The van der Waals surface area contributed by atoms with Gasteiger partial charge in [-0.25, -0.2) is 8.78 Å². The third kappa shape index (κ3) is 1.88. The molecule has 2 atom stereocenters. The second kappa shape index (κ2) is 4.50. The van der Waals surface area contributed by atoms with Crippen LogP contribution in [-0.4, -0.2) is 25.2 Å². The van der Waals surface area contributed by atoms with Crippen molar-refractivity contribution in [2.24, 2.45) is 0 Å². The zero-order chi connectivity index (χ0) is 12.7. The number of nitrogens with zero attached hydrogens (tertiary/aromatic N) is 1. The van der Waals surface area contributed by atoms with Gasteiger partial charge >= 0.3 is 0 Å². The first kappa shape index (κ1) is 11.9. The number of fused-ring (bicyclic) bond motifs is 2. The van der Waals surface area contributed by atoms with Crippen LogP contribution < -0.4 is 10.2 Å². The number of hydrogen-bond acceptors (Lipinski definition) is 2. The molecule has 4 heteroatoms. The molecule has 2 nitrogen and oxygen atoms in total. The lowest BCUT2D eigenvalue weighted by atomic mass is 9.96. The highest BCUT2D eigenvalue weighted by atomic mass is 19.1. The minimum absolute atomic E-state index is 0.390. The lowest BCUT2D eigenvalue weighted by molar-refractivity contribution is 0.370. The highest BCUT2D eigenvalue weighted by Crippen LogP contribution is 2.40. The van der Waals surface area contributed by atoms with E-state index in [2.05, 4.69) is 10.2 Å². The average Bonchev–Trinajstić information content (AvgIpc) is 2.60. The van der Waals surface area contributed by atoms with E-state index < -0.39 is 11.6 Å². The van der Waals surface area contributed by atoms with Crippen molar-refractivity contribution in [3.05, 3.63) is 29.8 Å². The summed E-state index contributed by atoms with van der Waals surface area (Å²) >= 11 is 0. The molecule has 2 bridgehead atoms. The molecule has 0 aliphatic carbocycles. The Labute approximate surface area is 106 Å². The van der Waals surface area contributed by atoms with Gasteiger partial charge in [-0.15, -0.1) is 0 Å². The van der Waals surface area contributed by atoms with Crippen molar-refractivity contribution in [3.8, 4) is 0 Å². The highest BCUT2D eigenvalue weighted by Gasteiger charge is 2.41. The molecule has 0 saturated carbocycles. The minimum Gasteiger partial charge on any atom is -0.363 e. The van der Waals surface area contributed by atoms with Crippen molar-refractivity contribution in [3.63, 3.8) is 0 Å². The molecule has 0 radical (unpaired) electrons. The van der Waals surface area contributed by atoms with Gasteiger partial charge in [-0.2, -0.15) is 0 Å². The topological polar surface area (TPSA) is 15.3 Å². The van der Waals surface area contributed by atoms with Gasteiger partial charge in [0.05, 0.1) is 5.69 Å². The molecule has 0 aromatic heterocycles. The molecule has 2 aliphatic heterocycles. The van der Waals surface area contributed by atoms with Crippen LogP contribution in [0.25, 0.3) is 0 Å². The number of hydrogen-bond donors (Lipinski definition) is 1. The fourth-order valence-corrected chi connectivity index (χ4v) is 3.50. The van der Waals surface area contributed by atoms with Gasteiger partial charge in [-0.1, -0.05) is 0 Å². The Bertz CT molecular complexity index is 435. The molecule has 0 amide bonds. The Morgan fingerprint density at radius 1 is 1.17 bits per heavy atom. The quantitative estimate of drug-likeness (QED) is 0.870. The van der Waals surface area contributed by atoms with Gasteiger partial charge in [0.15, 0.2) is 0 Å². The van der Waals surface area contributed by atoms with Crippen LogP contribution in [0.15, 0.2) is 18.2 Å². The molecule has 2 saturated heterocycles. The summed E-state index contributed by atoms with van der Waals surface area (Å²) < 4.78 is 26.9. The third-order valence-electron chi connectivity index (χ3n) is 4.33. The molecular weight excluding hydrogens is 234 g/mol. The van der Waals surface area contributed by atoms with Crippen molar-refractivity contribution in [2.75, 3.05) is 11.9 Å². The first-order chi connectivity index (χ1) is 8.69. The van der Waals surface area contributed by atoms with E-state index in [1.165, 1.54) is 6.07 Å². The Balaban J connectivity index is 1.89. The van der Waals surface area contributed by atoms with E-state index in [0.717, 1.165) is 31.7 Å². The van der Waals surface area contributed by atoms with Gasteiger partial charge in [0, 0.05) is 24.2 Å². The van der Waals surface area contributed by atoms with Crippen LogP contribution in [0, 0.1) is 11.6 Å². The van der Waals surface area contributed by atoms with Gasteiger partial charge < -0.3 is 10.2 Å². The lowest BCUT2D eigenvalue weighted by Gasteiger charge is -2.40. The Morgan fingerprint density at radius 3 is 2.39 bits per heavy atom. The molecule has 1 aromatic rings. The van der Waals surface area contributed by atoms with Gasteiger partial charge in [0.1, 0.15) is 11.6 Å². The second-order valence-corrected chi connectivity index (χ2v) is 5.35. The van der Waals surface area contributed by atoms with Crippen LogP contribution in [0.2, 0.25) is 0 Å². The number of halogens is 2. The highest BCUT2D eigenvalue weighted by molar-refractivity contribution is 5.51. The van der Waals surface area contributed by atoms with E-state index in [0.29, 0.717) is 23.8 Å². The zero-order valence-corrected chi connectivity index (χ0v) is 10.5. The molecular formula is C14H18F2N2. The second-order valence-electron chi connectivity index (χ2n) is 5.35. The van der Waals surface area contributed by atoms with E-state index >= 15 is 0 Å². The third-order valence-corrected chi connectivity index (χ3v) is 4.33. The predicted molar refractivity (Wildman–Crippen MR) is 67.7 cm³/mol. The van der Waals surface area contributed by atoms with Crippen molar-refractivity contribution >= 4 is 5.69 Å². The van der Waals surface area contributed by atoms with Crippen LogP contribution in [0.4, 0.5) is 14.5 Å². The summed E-state index contributed by atoms with van der Waals surface area (Å²) in [5, 5.41) is 3.32. The van der Waals surface area contributed by atoms with Crippen LogP contribution in [0.5, 0.6) is 0 Å². The largest absolute Gasteiger partial charge is 0.363 e. The number of piperidine rings is 1. The van der Waals surface area contributed by atoms with Crippen LogP contribution >= 0.6 is 0 Å². The summed E-state index contributed by atoms with van der Waals surface area (Å²) in [4.78, 5) is 2.17. The normalized spacial score (nSPS) is 30.8. The molecule has 0 spiro atoms. The molecule has 2 unspecified atom stereocenters. The number of benzene rings is 1. The maximum Gasteiger partial charge on any atom is 0.149 e. The monoisotopic (exact) mass is 252 g/mol. The van der Waals surface area contributed by atoms with Gasteiger partial charge in [-0.05, 0) is 44.9 Å². The van der Waals surface area contributed by atoms with Crippen molar-refractivity contribution in [2.45, 2.75) is 43.8 Å². The van der Waals surface area contributed by atoms with E-state index in [9.17, 15) is 8.78 Å². The fourth-order valence-electron chi connectivity index (χ4n) is 3.50. The molecule has 2 heterocycles. The number of nitrogens with one attached hydrogen (secondary N) is 1. The van der Waals surface area contributed by atoms with E-state index in [1.54, 1.807) is 6.07 Å². The van der Waals surface area contributed by atoms with Crippen molar-refractivity contribution in [1.82, 2.24) is 5.32 Å². The SMILES string of the molecule is CNC1CC2CCC(C1)N2c1ccc(F)cc1F. The average molecular weight is 252 g/mol. The van der Waals surface area contributed by atoms with Gasteiger partial charge in [0.2, 0.25) is 0 Å². The standard InChI is InChI=1S/C14H18F2N2/c1-17-10-7-11-3-4-12(8-10)18(11)14-5-2-9(15)6-13(14)16/h2,5-6,10-12,17H,3-4,7-8H2,1H3. The van der Waals surface area contributed by atoms with Crippen LogP contribution in [-0.2, 0) is 0 Å². The lowest BCUT2D eigenvalue weighted by Crippen LogP contribution is -2.48. The van der Waals surface area contributed by atoms with Crippen LogP contribution in [0.3, 0.4) is 0 Å². The molecule has 1 N–H and O–H groups in total. The van der Waals surface area contributed by atoms with Crippen LogP contribution in [0.1, 0.15) is 25.7 Å².